The summed E-state index contributed by atoms with van der Waals surface area (Å²) in [5.74, 6) is -0.386. The molecule has 1 aromatic carbocycles. The molecule has 3 rings (SSSR count). The van der Waals surface area contributed by atoms with Crippen molar-refractivity contribution in [3.8, 4) is 0 Å². The molecule has 3 amide bonds. The van der Waals surface area contributed by atoms with E-state index >= 15 is 0 Å². The van der Waals surface area contributed by atoms with Gasteiger partial charge in [0.05, 0.1) is 11.1 Å². The Hall–Kier alpha value is -1.68. The Morgan fingerprint density at radius 2 is 1.72 bits per heavy atom. The van der Waals surface area contributed by atoms with Gasteiger partial charge in [0.15, 0.2) is 0 Å². The molecule has 1 heterocycles. The molecule has 1 saturated heterocycles. The van der Waals surface area contributed by atoms with Gasteiger partial charge >= 0.3 is 6.03 Å². The van der Waals surface area contributed by atoms with Crippen LogP contribution in [0, 0.1) is 0 Å². The normalized spacial score (nSPS) is 20.3. The van der Waals surface area contributed by atoms with Crippen molar-refractivity contribution in [1.29, 1.82) is 0 Å². The number of halogens is 1. The quantitative estimate of drug-likeness (QED) is 0.724. The summed E-state index contributed by atoms with van der Waals surface area (Å²) < 4.78 is 27.0. The van der Waals surface area contributed by atoms with Crippen LogP contribution in [0.25, 0.3) is 0 Å². The van der Waals surface area contributed by atoms with E-state index in [0.29, 0.717) is 13.1 Å². The number of benzene rings is 1. The number of nitrogens with zero attached hydrogens (tertiary/aromatic N) is 2. The summed E-state index contributed by atoms with van der Waals surface area (Å²) in [5, 5.41) is 5.42. The lowest BCUT2D eigenvalue weighted by molar-refractivity contribution is -0.125. The third kappa shape index (κ3) is 5.28. The third-order valence-electron chi connectivity index (χ3n) is 5.58. The molecular formula is C19H27ClN4O4S. The molecule has 1 atom stereocenters. The van der Waals surface area contributed by atoms with E-state index in [1.165, 1.54) is 10.4 Å². The lowest BCUT2D eigenvalue weighted by Gasteiger charge is -2.36. The van der Waals surface area contributed by atoms with Crippen molar-refractivity contribution in [1.82, 2.24) is 19.8 Å². The molecule has 0 aromatic heterocycles. The zero-order valence-electron chi connectivity index (χ0n) is 16.4. The molecule has 2 N–H and O–H groups in total. The number of rotatable bonds is 5. The van der Waals surface area contributed by atoms with Gasteiger partial charge in [-0.3, -0.25) is 15.0 Å². The van der Waals surface area contributed by atoms with Crippen LogP contribution in [-0.4, -0.2) is 67.8 Å². The first kappa shape index (κ1) is 22.0. The third-order valence-corrected chi connectivity index (χ3v) is 7.98. The Balaban J connectivity index is 1.52. The van der Waals surface area contributed by atoms with E-state index in [1.54, 1.807) is 25.1 Å². The zero-order chi connectivity index (χ0) is 21.0. The average Bonchev–Trinajstić information content (AvgIpc) is 3.20. The summed E-state index contributed by atoms with van der Waals surface area (Å²) in [4.78, 5) is 26.4. The Morgan fingerprint density at radius 1 is 1.10 bits per heavy atom. The summed E-state index contributed by atoms with van der Waals surface area (Å²) in [7, 11) is -3.68. The zero-order valence-corrected chi connectivity index (χ0v) is 18.0. The molecule has 1 aliphatic carbocycles. The van der Waals surface area contributed by atoms with Crippen LogP contribution in [0.4, 0.5) is 4.79 Å². The van der Waals surface area contributed by atoms with E-state index in [0.717, 1.165) is 25.7 Å². The van der Waals surface area contributed by atoms with Crippen LogP contribution in [0.3, 0.4) is 0 Å². The summed E-state index contributed by atoms with van der Waals surface area (Å²) in [6.07, 6.45) is 4.07. The number of nitrogens with one attached hydrogen (secondary N) is 2. The highest BCUT2D eigenvalue weighted by Gasteiger charge is 2.33. The fraction of sp³-hybridized carbons (Fsp3) is 0.579. The predicted octanol–water partition coefficient (Wildman–Crippen LogP) is 1.80. The van der Waals surface area contributed by atoms with Gasteiger partial charge in [0, 0.05) is 32.2 Å². The number of piperazine rings is 1. The SMILES string of the molecule is CC(C(=O)NC(=O)NC1CCCC1)N1CCN(S(=O)(=O)c2ccccc2Cl)CC1. The van der Waals surface area contributed by atoms with Gasteiger partial charge in [0.1, 0.15) is 4.90 Å². The highest BCUT2D eigenvalue weighted by Crippen LogP contribution is 2.25. The molecule has 2 aliphatic rings. The lowest BCUT2D eigenvalue weighted by atomic mass is 10.2. The number of sulfonamides is 1. The van der Waals surface area contributed by atoms with E-state index in [4.69, 9.17) is 11.6 Å². The van der Waals surface area contributed by atoms with Crippen molar-refractivity contribution in [2.24, 2.45) is 0 Å². The van der Waals surface area contributed by atoms with Crippen molar-refractivity contribution < 1.29 is 18.0 Å². The minimum absolute atomic E-state index is 0.0875. The monoisotopic (exact) mass is 442 g/mol. The summed E-state index contributed by atoms with van der Waals surface area (Å²) >= 11 is 6.05. The molecule has 0 bridgehead atoms. The van der Waals surface area contributed by atoms with Gasteiger partial charge in [0.25, 0.3) is 0 Å². The first-order chi connectivity index (χ1) is 13.8. The van der Waals surface area contributed by atoms with Crippen molar-refractivity contribution in [2.45, 2.75) is 49.6 Å². The second-order valence-electron chi connectivity index (χ2n) is 7.49. The molecule has 0 radical (unpaired) electrons. The van der Waals surface area contributed by atoms with E-state index < -0.39 is 22.1 Å². The van der Waals surface area contributed by atoms with E-state index in [-0.39, 0.29) is 35.0 Å². The first-order valence-electron chi connectivity index (χ1n) is 9.89. The van der Waals surface area contributed by atoms with Crippen LogP contribution in [0.5, 0.6) is 0 Å². The molecule has 29 heavy (non-hydrogen) atoms. The van der Waals surface area contributed by atoms with Crippen LogP contribution in [0.2, 0.25) is 5.02 Å². The second kappa shape index (κ2) is 9.42. The Bertz CT molecular complexity index is 850. The second-order valence-corrected chi connectivity index (χ2v) is 9.80. The van der Waals surface area contributed by atoms with Crippen molar-refractivity contribution in [3.63, 3.8) is 0 Å². The number of hydrogen-bond acceptors (Lipinski definition) is 5. The molecule has 8 nitrogen and oxygen atoms in total. The van der Waals surface area contributed by atoms with Crippen molar-refractivity contribution >= 4 is 33.6 Å². The van der Waals surface area contributed by atoms with Crippen LogP contribution in [-0.2, 0) is 14.8 Å². The number of amides is 3. The number of carbonyl (C=O) groups is 2. The largest absolute Gasteiger partial charge is 0.335 e. The minimum atomic E-state index is -3.68. The molecular weight excluding hydrogens is 416 g/mol. The highest BCUT2D eigenvalue weighted by molar-refractivity contribution is 7.89. The number of imide groups is 1. The maximum atomic E-state index is 12.8. The Kier molecular flexibility index (Phi) is 7.15. The molecule has 1 aliphatic heterocycles. The van der Waals surface area contributed by atoms with Gasteiger partial charge in [-0.1, -0.05) is 36.6 Å². The fourth-order valence-electron chi connectivity index (χ4n) is 3.80. The van der Waals surface area contributed by atoms with Crippen LogP contribution < -0.4 is 10.6 Å². The molecule has 2 fully saturated rings. The summed E-state index contributed by atoms with van der Waals surface area (Å²) in [6.45, 7) is 3.00. The van der Waals surface area contributed by atoms with Crippen LogP contribution >= 0.6 is 11.6 Å². The number of urea groups is 1. The lowest BCUT2D eigenvalue weighted by Crippen LogP contribution is -2.56. The van der Waals surface area contributed by atoms with Crippen LogP contribution in [0.1, 0.15) is 32.6 Å². The highest BCUT2D eigenvalue weighted by atomic mass is 35.5. The van der Waals surface area contributed by atoms with Gasteiger partial charge in [-0.25, -0.2) is 13.2 Å². The summed E-state index contributed by atoms with van der Waals surface area (Å²) in [5.41, 5.74) is 0. The van der Waals surface area contributed by atoms with Gasteiger partial charge in [-0.05, 0) is 31.9 Å². The van der Waals surface area contributed by atoms with Gasteiger partial charge < -0.3 is 5.32 Å². The first-order valence-corrected chi connectivity index (χ1v) is 11.7. The predicted molar refractivity (Wildman–Crippen MR) is 110 cm³/mol. The topological polar surface area (TPSA) is 98.8 Å². The molecule has 1 unspecified atom stereocenters. The fourth-order valence-corrected chi connectivity index (χ4v) is 5.71. The maximum Gasteiger partial charge on any atom is 0.321 e. The maximum absolute atomic E-state index is 12.8. The van der Waals surface area contributed by atoms with Crippen molar-refractivity contribution in [3.05, 3.63) is 29.3 Å². The number of hydrogen-bond donors (Lipinski definition) is 2. The van der Waals surface area contributed by atoms with E-state index in [1.807, 2.05) is 4.90 Å². The Labute approximate surface area is 176 Å². The Morgan fingerprint density at radius 3 is 2.34 bits per heavy atom. The molecule has 1 aromatic rings. The standard InChI is InChI=1S/C19H27ClN4O4S/c1-14(18(25)22-19(26)21-15-6-2-3-7-15)23-10-12-24(13-11-23)29(27,28)17-9-5-4-8-16(17)20/h4-5,8-9,14-15H,2-3,6-7,10-13H2,1H3,(H2,21,22,25,26). The van der Waals surface area contributed by atoms with E-state index in [9.17, 15) is 18.0 Å². The molecule has 0 spiro atoms. The summed E-state index contributed by atoms with van der Waals surface area (Å²) in [6, 6.07) is 5.50. The van der Waals surface area contributed by atoms with Crippen molar-refractivity contribution in [2.75, 3.05) is 26.2 Å². The smallest absolute Gasteiger partial charge is 0.321 e. The molecule has 160 valence electrons. The van der Waals surface area contributed by atoms with Gasteiger partial charge in [-0.2, -0.15) is 4.31 Å². The van der Waals surface area contributed by atoms with Gasteiger partial charge in [0.2, 0.25) is 15.9 Å². The van der Waals surface area contributed by atoms with E-state index in [2.05, 4.69) is 10.6 Å². The number of carbonyl (C=O) groups excluding carboxylic acids is 2. The molecule has 10 heteroatoms. The average molecular weight is 443 g/mol. The van der Waals surface area contributed by atoms with Crippen LogP contribution in [0.15, 0.2) is 29.2 Å². The molecule has 1 saturated carbocycles. The minimum Gasteiger partial charge on any atom is -0.335 e. The van der Waals surface area contributed by atoms with Gasteiger partial charge in [-0.15, -0.1) is 0 Å².